The third kappa shape index (κ3) is 3.39. The Bertz CT molecular complexity index is 241. The highest BCUT2D eigenvalue weighted by molar-refractivity contribution is 7.99. The fourth-order valence-corrected chi connectivity index (χ4v) is 4.35. The molecule has 3 fully saturated rings. The predicted octanol–water partition coefficient (Wildman–Crippen LogP) is 2.35. The normalized spacial score (nSPS) is 32.8. The van der Waals surface area contributed by atoms with Crippen LogP contribution in [0, 0.1) is 5.41 Å². The minimum absolute atomic E-state index is 0.673. The van der Waals surface area contributed by atoms with Gasteiger partial charge in [-0.1, -0.05) is 0 Å². The molecule has 3 heteroatoms. The smallest absolute Gasteiger partial charge is 0.0158 e. The standard InChI is InChI=1S/C14H26N2S/c1-2-8-16(7-1)12-14(5-6-14)11-15-13-4-3-9-17-10-13/h13,15H,1-12H2/t13-/m1/s1. The first-order chi connectivity index (χ1) is 8.36. The van der Waals surface area contributed by atoms with E-state index in [1.807, 2.05) is 0 Å². The van der Waals surface area contributed by atoms with Crippen molar-refractivity contribution in [3.8, 4) is 0 Å². The van der Waals surface area contributed by atoms with Crippen molar-refractivity contribution in [2.75, 3.05) is 37.7 Å². The lowest BCUT2D eigenvalue weighted by Crippen LogP contribution is -2.41. The summed E-state index contributed by atoms with van der Waals surface area (Å²) in [6, 6.07) is 0.810. The number of thioether (sulfide) groups is 1. The maximum absolute atomic E-state index is 3.85. The third-order valence-corrected chi connectivity index (χ3v) is 5.86. The first kappa shape index (κ1) is 12.3. The van der Waals surface area contributed by atoms with Gasteiger partial charge in [0.2, 0.25) is 0 Å². The Kier molecular flexibility index (Phi) is 3.98. The monoisotopic (exact) mass is 254 g/mol. The maximum atomic E-state index is 3.85. The molecule has 2 nitrogen and oxygen atoms in total. The summed E-state index contributed by atoms with van der Waals surface area (Å²) in [6.45, 7) is 5.39. The minimum atomic E-state index is 0.673. The number of hydrogen-bond donors (Lipinski definition) is 1. The van der Waals surface area contributed by atoms with Crippen molar-refractivity contribution in [1.82, 2.24) is 10.2 Å². The highest BCUT2D eigenvalue weighted by Gasteiger charge is 2.44. The van der Waals surface area contributed by atoms with Crippen LogP contribution in [0.5, 0.6) is 0 Å². The first-order valence-corrected chi connectivity index (χ1v) is 8.55. The molecule has 0 bridgehead atoms. The molecule has 2 aliphatic heterocycles. The van der Waals surface area contributed by atoms with Crippen LogP contribution < -0.4 is 5.32 Å². The predicted molar refractivity (Wildman–Crippen MR) is 75.7 cm³/mol. The fourth-order valence-electron chi connectivity index (χ4n) is 3.25. The number of rotatable bonds is 5. The number of likely N-dealkylation sites (tertiary alicyclic amines) is 1. The van der Waals surface area contributed by atoms with E-state index in [0.29, 0.717) is 5.41 Å². The second-order valence-corrected chi connectivity index (χ2v) is 7.43. The van der Waals surface area contributed by atoms with Gasteiger partial charge in [-0.15, -0.1) is 0 Å². The molecule has 2 saturated heterocycles. The Labute approximate surface area is 110 Å². The molecule has 3 aliphatic rings. The van der Waals surface area contributed by atoms with Crippen molar-refractivity contribution in [1.29, 1.82) is 0 Å². The molecule has 1 aliphatic carbocycles. The number of hydrogen-bond acceptors (Lipinski definition) is 3. The molecular formula is C14H26N2S. The van der Waals surface area contributed by atoms with E-state index in [9.17, 15) is 0 Å². The Hall–Kier alpha value is 0.270. The summed E-state index contributed by atoms with van der Waals surface area (Å²) in [7, 11) is 0. The number of nitrogens with one attached hydrogen (secondary N) is 1. The second-order valence-electron chi connectivity index (χ2n) is 6.28. The van der Waals surface area contributed by atoms with Gasteiger partial charge in [-0.25, -0.2) is 0 Å². The molecule has 0 aromatic heterocycles. The molecule has 0 unspecified atom stereocenters. The molecule has 17 heavy (non-hydrogen) atoms. The van der Waals surface area contributed by atoms with Crippen LogP contribution in [-0.2, 0) is 0 Å². The van der Waals surface area contributed by atoms with Crippen molar-refractivity contribution >= 4 is 11.8 Å². The SMILES string of the molecule is C1CSC[C@H](NCC2(CN3CCCC3)CC2)C1. The molecule has 2 heterocycles. The van der Waals surface area contributed by atoms with E-state index in [0.717, 1.165) is 6.04 Å². The lowest BCUT2D eigenvalue weighted by Gasteiger charge is -2.28. The largest absolute Gasteiger partial charge is 0.313 e. The quantitative estimate of drug-likeness (QED) is 0.811. The first-order valence-electron chi connectivity index (χ1n) is 7.40. The van der Waals surface area contributed by atoms with E-state index in [2.05, 4.69) is 22.0 Å². The van der Waals surface area contributed by atoms with Gasteiger partial charge in [-0.3, -0.25) is 0 Å². The average Bonchev–Trinajstić information content (AvgIpc) is 2.93. The molecule has 1 atom stereocenters. The average molecular weight is 254 g/mol. The molecule has 1 N–H and O–H groups in total. The van der Waals surface area contributed by atoms with E-state index in [1.54, 1.807) is 0 Å². The zero-order chi connectivity index (χ0) is 11.6. The van der Waals surface area contributed by atoms with Crippen LogP contribution in [0.1, 0.15) is 38.5 Å². The van der Waals surface area contributed by atoms with Gasteiger partial charge in [-0.2, -0.15) is 11.8 Å². The summed E-state index contributed by atoms with van der Waals surface area (Å²) < 4.78 is 0. The summed E-state index contributed by atoms with van der Waals surface area (Å²) in [5.74, 6) is 2.73. The van der Waals surface area contributed by atoms with E-state index < -0.39 is 0 Å². The summed E-state index contributed by atoms with van der Waals surface area (Å²) in [5, 5.41) is 3.85. The lowest BCUT2D eigenvalue weighted by molar-refractivity contribution is 0.252. The van der Waals surface area contributed by atoms with Gasteiger partial charge in [0.05, 0.1) is 0 Å². The van der Waals surface area contributed by atoms with Gasteiger partial charge in [0, 0.05) is 24.9 Å². The summed E-state index contributed by atoms with van der Waals surface area (Å²) in [4.78, 5) is 2.70. The van der Waals surface area contributed by atoms with E-state index in [4.69, 9.17) is 0 Å². The van der Waals surface area contributed by atoms with Gasteiger partial charge in [-0.05, 0) is 62.8 Å². The topological polar surface area (TPSA) is 15.3 Å². The summed E-state index contributed by atoms with van der Waals surface area (Å²) in [5.41, 5.74) is 0.673. The Morgan fingerprint density at radius 3 is 2.65 bits per heavy atom. The van der Waals surface area contributed by atoms with Gasteiger partial charge in [0.1, 0.15) is 0 Å². The minimum Gasteiger partial charge on any atom is -0.313 e. The molecule has 0 aromatic carbocycles. The van der Waals surface area contributed by atoms with Crippen molar-refractivity contribution in [3.63, 3.8) is 0 Å². The van der Waals surface area contributed by atoms with Crippen LogP contribution in [0.3, 0.4) is 0 Å². The summed E-state index contributed by atoms with van der Waals surface area (Å²) >= 11 is 2.13. The molecule has 1 saturated carbocycles. The van der Waals surface area contributed by atoms with Crippen LogP contribution in [-0.4, -0.2) is 48.6 Å². The molecule has 98 valence electrons. The molecule has 0 aromatic rings. The van der Waals surface area contributed by atoms with Gasteiger partial charge in [0.25, 0.3) is 0 Å². The Morgan fingerprint density at radius 2 is 2.00 bits per heavy atom. The lowest BCUT2D eigenvalue weighted by atomic mass is 10.1. The van der Waals surface area contributed by atoms with Crippen molar-refractivity contribution in [2.45, 2.75) is 44.6 Å². The molecule has 3 rings (SSSR count). The molecular weight excluding hydrogens is 228 g/mol. The summed E-state index contributed by atoms with van der Waals surface area (Å²) in [6.07, 6.45) is 8.63. The zero-order valence-electron chi connectivity index (χ0n) is 10.9. The molecule has 0 radical (unpaired) electrons. The van der Waals surface area contributed by atoms with Gasteiger partial charge >= 0.3 is 0 Å². The van der Waals surface area contributed by atoms with Crippen LogP contribution in [0.2, 0.25) is 0 Å². The van der Waals surface area contributed by atoms with Crippen molar-refractivity contribution in [2.24, 2.45) is 5.41 Å². The number of nitrogens with zero attached hydrogens (tertiary/aromatic N) is 1. The Morgan fingerprint density at radius 1 is 1.18 bits per heavy atom. The maximum Gasteiger partial charge on any atom is 0.0158 e. The Balaban J connectivity index is 1.40. The van der Waals surface area contributed by atoms with Crippen molar-refractivity contribution in [3.05, 3.63) is 0 Å². The van der Waals surface area contributed by atoms with Gasteiger partial charge in [0.15, 0.2) is 0 Å². The highest BCUT2D eigenvalue weighted by Crippen LogP contribution is 2.46. The second kappa shape index (κ2) is 5.50. The van der Waals surface area contributed by atoms with E-state index >= 15 is 0 Å². The van der Waals surface area contributed by atoms with Crippen LogP contribution in [0.15, 0.2) is 0 Å². The van der Waals surface area contributed by atoms with Crippen LogP contribution in [0.4, 0.5) is 0 Å². The highest BCUT2D eigenvalue weighted by atomic mass is 32.2. The van der Waals surface area contributed by atoms with Crippen molar-refractivity contribution < 1.29 is 0 Å². The molecule has 0 amide bonds. The van der Waals surface area contributed by atoms with E-state index in [1.165, 1.54) is 76.2 Å². The zero-order valence-corrected chi connectivity index (χ0v) is 11.7. The van der Waals surface area contributed by atoms with E-state index in [-0.39, 0.29) is 0 Å². The van der Waals surface area contributed by atoms with Gasteiger partial charge < -0.3 is 10.2 Å². The molecule has 0 spiro atoms. The van der Waals surface area contributed by atoms with Crippen LogP contribution >= 0.6 is 11.8 Å². The fraction of sp³-hybridized carbons (Fsp3) is 1.00. The van der Waals surface area contributed by atoms with Crippen LogP contribution in [0.25, 0.3) is 0 Å². The third-order valence-electron chi connectivity index (χ3n) is 4.64.